The highest BCUT2D eigenvalue weighted by molar-refractivity contribution is 7.99. The normalized spacial score (nSPS) is 19.5. The van der Waals surface area contributed by atoms with Crippen LogP contribution >= 0.6 is 24.2 Å². The molecule has 0 unspecified atom stereocenters. The predicted molar refractivity (Wildman–Crippen MR) is 105 cm³/mol. The van der Waals surface area contributed by atoms with Crippen molar-refractivity contribution in [3.63, 3.8) is 0 Å². The largest absolute Gasteiger partial charge is 0.326 e. The number of nitrogens with one attached hydrogen (secondary N) is 2. The van der Waals surface area contributed by atoms with E-state index < -0.39 is 0 Å². The van der Waals surface area contributed by atoms with Gasteiger partial charge in [0.1, 0.15) is 0 Å². The summed E-state index contributed by atoms with van der Waals surface area (Å²) < 4.78 is 0. The average molecular weight is 370 g/mol. The third kappa shape index (κ3) is 5.38. The Morgan fingerprint density at radius 2 is 2.00 bits per heavy atom. The summed E-state index contributed by atoms with van der Waals surface area (Å²) >= 11 is 2.04. The smallest absolute Gasteiger partial charge is 0.227 e. The van der Waals surface area contributed by atoms with Crippen molar-refractivity contribution >= 4 is 35.8 Å². The number of anilines is 1. The Morgan fingerprint density at radius 1 is 1.29 bits per heavy atom. The van der Waals surface area contributed by atoms with E-state index in [1.54, 1.807) is 0 Å². The lowest BCUT2D eigenvalue weighted by Crippen LogP contribution is -2.34. The van der Waals surface area contributed by atoms with Crippen molar-refractivity contribution < 1.29 is 4.79 Å². The molecule has 2 heterocycles. The SMILES string of the molecule is Cc1ccc(CN2CCSCC2)cc1NC(=O)C1CCNCC1.Cl. The number of carbonyl (C=O) groups is 1. The lowest BCUT2D eigenvalue weighted by Gasteiger charge is -2.26. The lowest BCUT2D eigenvalue weighted by molar-refractivity contribution is -0.120. The molecule has 6 heteroatoms. The summed E-state index contributed by atoms with van der Waals surface area (Å²) in [7, 11) is 0. The zero-order chi connectivity index (χ0) is 16.1. The van der Waals surface area contributed by atoms with Crippen molar-refractivity contribution in [2.75, 3.05) is 43.0 Å². The summed E-state index contributed by atoms with van der Waals surface area (Å²) in [5, 5.41) is 6.48. The van der Waals surface area contributed by atoms with Gasteiger partial charge in [-0.3, -0.25) is 9.69 Å². The summed E-state index contributed by atoms with van der Waals surface area (Å²) in [4.78, 5) is 15.0. The average Bonchev–Trinajstić information content (AvgIpc) is 2.59. The third-order valence-corrected chi connectivity index (χ3v) is 5.72. The van der Waals surface area contributed by atoms with Gasteiger partial charge in [-0.05, 0) is 50.0 Å². The number of amides is 1. The molecule has 2 N–H and O–H groups in total. The number of hydrogen-bond donors (Lipinski definition) is 2. The molecule has 24 heavy (non-hydrogen) atoms. The van der Waals surface area contributed by atoms with E-state index in [1.165, 1.54) is 17.1 Å². The Kier molecular flexibility index (Phi) is 7.88. The van der Waals surface area contributed by atoms with Crippen LogP contribution in [0.2, 0.25) is 0 Å². The molecule has 1 amide bonds. The van der Waals surface area contributed by atoms with Gasteiger partial charge in [0.25, 0.3) is 0 Å². The summed E-state index contributed by atoms with van der Waals surface area (Å²) in [5.41, 5.74) is 3.42. The van der Waals surface area contributed by atoms with Crippen LogP contribution in [0, 0.1) is 12.8 Å². The van der Waals surface area contributed by atoms with Gasteiger partial charge in [-0.2, -0.15) is 11.8 Å². The van der Waals surface area contributed by atoms with Crippen LogP contribution in [0.4, 0.5) is 5.69 Å². The number of piperidine rings is 1. The molecule has 2 saturated heterocycles. The highest BCUT2D eigenvalue weighted by Gasteiger charge is 2.21. The molecule has 0 aromatic heterocycles. The molecule has 4 nitrogen and oxygen atoms in total. The first-order valence-corrected chi connectivity index (χ1v) is 9.79. The Balaban J connectivity index is 0.00000208. The van der Waals surface area contributed by atoms with Gasteiger partial charge in [0, 0.05) is 42.7 Å². The number of rotatable bonds is 4. The maximum absolute atomic E-state index is 12.5. The molecule has 0 atom stereocenters. The molecule has 1 aromatic rings. The number of thioether (sulfide) groups is 1. The Bertz CT molecular complexity index is 543. The van der Waals surface area contributed by atoms with E-state index >= 15 is 0 Å². The molecule has 0 saturated carbocycles. The maximum atomic E-state index is 12.5. The quantitative estimate of drug-likeness (QED) is 0.856. The first kappa shape index (κ1) is 19.6. The van der Waals surface area contributed by atoms with Gasteiger partial charge in [0.15, 0.2) is 0 Å². The van der Waals surface area contributed by atoms with Crippen LogP contribution in [0.1, 0.15) is 24.0 Å². The van der Waals surface area contributed by atoms with Crippen LogP contribution in [0.3, 0.4) is 0 Å². The Hall–Kier alpha value is -0.750. The van der Waals surface area contributed by atoms with Gasteiger partial charge in [0.2, 0.25) is 5.91 Å². The summed E-state index contributed by atoms with van der Waals surface area (Å²) in [6, 6.07) is 6.49. The van der Waals surface area contributed by atoms with Gasteiger partial charge < -0.3 is 10.6 Å². The molecule has 3 rings (SSSR count). The Morgan fingerprint density at radius 3 is 2.71 bits per heavy atom. The van der Waals surface area contributed by atoms with Crippen molar-refractivity contribution in [3.05, 3.63) is 29.3 Å². The lowest BCUT2D eigenvalue weighted by atomic mass is 9.97. The number of benzene rings is 1. The van der Waals surface area contributed by atoms with E-state index in [2.05, 4.69) is 40.7 Å². The van der Waals surface area contributed by atoms with Crippen molar-refractivity contribution in [1.82, 2.24) is 10.2 Å². The van der Waals surface area contributed by atoms with E-state index in [0.29, 0.717) is 0 Å². The third-order valence-electron chi connectivity index (χ3n) is 4.78. The molecule has 2 aliphatic heterocycles. The minimum Gasteiger partial charge on any atom is -0.326 e. The van der Waals surface area contributed by atoms with Crippen molar-refractivity contribution in [1.29, 1.82) is 0 Å². The number of nitrogens with zero attached hydrogens (tertiary/aromatic N) is 1. The first-order chi connectivity index (χ1) is 11.2. The number of hydrogen-bond acceptors (Lipinski definition) is 4. The van der Waals surface area contributed by atoms with E-state index in [-0.39, 0.29) is 24.2 Å². The monoisotopic (exact) mass is 369 g/mol. The minimum absolute atomic E-state index is 0. The van der Waals surface area contributed by atoms with E-state index in [4.69, 9.17) is 0 Å². The first-order valence-electron chi connectivity index (χ1n) is 8.63. The highest BCUT2D eigenvalue weighted by atomic mass is 35.5. The van der Waals surface area contributed by atoms with Gasteiger partial charge in [-0.15, -0.1) is 12.4 Å². The molecule has 2 fully saturated rings. The zero-order valence-electron chi connectivity index (χ0n) is 14.3. The van der Waals surface area contributed by atoms with E-state index in [0.717, 1.165) is 56.8 Å². The summed E-state index contributed by atoms with van der Waals surface area (Å²) in [6.07, 6.45) is 1.88. The second kappa shape index (κ2) is 9.66. The van der Waals surface area contributed by atoms with Crippen molar-refractivity contribution in [3.8, 4) is 0 Å². The van der Waals surface area contributed by atoms with Gasteiger partial charge in [-0.25, -0.2) is 0 Å². The fraction of sp³-hybridized carbons (Fsp3) is 0.611. The molecule has 2 aliphatic rings. The molecule has 0 radical (unpaired) electrons. The second-order valence-corrected chi connectivity index (χ2v) is 7.78. The van der Waals surface area contributed by atoms with E-state index in [9.17, 15) is 4.79 Å². The van der Waals surface area contributed by atoms with Crippen LogP contribution in [0.15, 0.2) is 18.2 Å². The molecular formula is C18H28ClN3OS. The number of halogens is 1. The number of aryl methyl sites for hydroxylation is 1. The van der Waals surface area contributed by atoms with Crippen LogP contribution in [-0.2, 0) is 11.3 Å². The van der Waals surface area contributed by atoms with Gasteiger partial charge in [-0.1, -0.05) is 12.1 Å². The zero-order valence-corrected chi connectivity index (χ0v) is 16.0. The minimum atomic E-state index is 0. The van der Waals surface area contributed by atoms with Crippen LogP contribution in [-0.4, -0.2) is 48.5 Å². The fourth-order valence-corrected chi connectivity index (χ4v) is 4.22. The van der Waals surface area contributed by atoms with E-state index in [1.807, 2.05) is 11.8 Å². The molecule has 1 aromatic carbocycles. The molecule has 0 bridgehead atoms. The molecule has 134 valence electrons. The van der Waals surface area contributed by atoms with Crippen LogP contribution < -0.4 is 10.6 Å². The van der Waals surface area contributed by atoms with Crippen LogP contribution in [0.25, 0.3) is 0 Å². The predicted octanol–water partition coefficient (Wildman–Crippen LogP) is 2.90. The molecule has 0 aliphatic carbocycles. The van der Waals surface area contributed by atoms with Crippen LogP contribution in [0.5, 0.6) is 0 Å². The molecular weight excluding hydrogens is 342 g/mol. The summed E-state index contributed by atoms with van der Waals surface area (Å²) in [6.45, 7) is 7.27. The number of carbonyl (C=O) groups excluding carboxylic acids is 1. The van der Waals surface area contributed by atoms with Crippen molar-refractivity contribution in [2.45, 2.75) is 26.3 Å². The maximum Gasteiger partial charge on any atom is 0.227 e. The second-order valence-electron chi connectivity index (χ2n) is 6.55. The standard InChI is InChI=1S/C18H27N3OS.ClH/c1-14-2-3-15(13-21-8-10-23-11-9-21)12-17(14)20-18(22)16-4-6-19-7-5-16;/h2-3,12,16,19H,4-11,13H2,1H3,(H,20,22);1H. The van der Waals surface area contributed by atoms with Crippen molar-refractivity contribution in [2.24, 2.45) is 5.92 Å². The highest BCUT2D eigenvalue weighted by Crippen LogP contribution is 2.22. The fourth-order valence-electron chi connectivity index (χ4n) is 3.24. The molecule has 0 spiro atoms. The Labute approximate surface area is 155 Å². The van der Waals surface area contributed by atoms with Gasteiger partial charge in [0.05, 0.1) is 0 Å². The van der Waals surface area contributed by atoms with Gasteiger partial charge >= 0.3 is 0 Å². The topological polar surface area (TPSA) is 44.4 Å². The summed E-state index contributed by atoms with van der Waals surface area (Å²) in [5.74, 6) is 2.79.